The van der Waals surface area contributed by atoms with Crippen LogP contribution in [0.15, 0.2) is 59.7 Å². The van der Waals surface area contributed by atoms with Crippen molar-refractivity contribution in [3.63, 3.8) is 0 Å². The number of H-pyrrole nitrogens is 1. The number of benzene rings is 2. The molecule has 0 bridgehead atoms. The van der Waals surface area contributed by atoms with E-state index in [2.05, 4.69) is 25.4 Å². The molecule has 1 unspecified atom stereocenters. The molecule has 0 radical (unpaired) electrons. The summed E-state index contributed by atoms with van der Waals surface area (Å²) in [5.74, 6) is 1.16. The van der Waals surface area contributed by atoms with Crippen LogP contribution in [0.4, 0.5) is 5.69 Å². The van der Waals surface area contributed by atoms with Gasteiger partial charge in [-0.25, -0.2) is 14.8 Å². The number of aromatic amines is 1. The zero-order valence-corrected chi connectivity index (χ0v) is 21.7. The number of hydrogen-bond acceptors (Lipinski definition) is 10. The van der Waals surface area contributed by atoms with Gasteiger partial charge in [-0.2, -0.15) is 0 Å². The molecule has 1 atom stereocenters. The van der Waals surface area contributed by atoms with Gasteiger partial charge in [0.2, 0.25) is 5.75 Å². The van der Waals surface area contributed by atoms with Crippen molar-refractivity contribution >= 4 is 17.5 Å². The van der Waals surface area contributed by atoms with Crippen LogP contribution in [0.3, 0.4) is 0 Å². The first-order valence-electron chi connectivity index (χ1n) is 12.1. The molecule has 0 spiro atoms. The summed E-state index contributed by atoms with van der Waals surface area (Å²) in [5.41, 5.74) is 7.11. The molecule has 0 amide bonds. The van der Waals surface area contributed by atoms with Crippen molar-refractivity contribution < 1.29 is 24.1 Å². The molecule has 0 aliphatic carbocycles. The zero-order valence-electron chi connectivity index (χ0n) is 21.7. The van der Waals surface area contributed by atoms with Crippen LogP contribution in [-0.4, -0.2) is 62.0 Å². The smallest absolute Gasteiger partial charge is 0.350 e. The number of fused-ring (bicyclic) bond motifs is 1. The Morgan fingerprint density at radius 1 is 1.20 bits per heavy atom. The van der Waals surface area contributed by atoms with Crippen LogP contribution in [-0.2, 0) is 4.79 Å². The number of nitrogens with zero attached hydrogens (tertiary/aromatic N) is 4. The van der Waals surface area contributed by atoms with Gasteiger partial charge in [-0.15, -0.1) is 9.78 Å². The topological polar surface area (TPSA) is 203 Å². The van der Waals surface area contributed by atoms with Crippen molar-refractivity contribution in [2.24, 2.45) is 5.73 Å². The van der Waals surface area contributed by atoms with Crippen LogP contribution in [0.1, 0.15) is 36.3 Å². The van der Waals surface area contributed by atoms with Gasteiger partial charge in [0, 0.05) is 37.0 Å². The van der Waals surface area contributed by atoms with Crippen molar-refractivity contribution in [1.29, 1.82) is 5.41 Å². The van der Waals surface area contributed by atoms with E-state index in [0.717, 1.165) is 18.0 Å². The number of carboxylic acids is 1. The second-order valence-corrected chi connectivity index (χ2v) is 8.46. The van der Waals surface area contributed by atoms with Crippen molar-refractivity contribution in [3.8, 4) is 23.2 Å². The summed E-state index contributed by atoms with van der Waals surface area (Å²) in [6.45, 7) is 2.10. The standard InChI is InChI=1S/C24H24N8O4.C2H4O2/c1-34-17-12-15(13-18-20(17)36-11-3-10-35-18)19(29-16-6-4-14(5-7-16)21(25)26)22-30-24(33)32(31-22)23-27-8-2-9-28-23;1-2(3)4/h2,4-9,12-13,19,29H,3,10-11H2,1H3,(H3,25,26)(H,30,31,33);1H3,(H,3,4). The minimum atomic E-state index is -0.833. The van der Waals surface area contributed by atoms with Gasteiger partial charge in [0.15, 0.2) is 17.3 Å². The number of anilines is 1. The van der Waals surface area contributed by atoms with E-state index in [1.807, 2.05) is 12.1 Å². The number of aromatic nitrogens is 5. The van der Waals surface area contributed by atoms with E-state index in [1.165, 1.54) is 12.4 Å². The first-order chi connectivity index (χ1) is 19.3. The number of rotatable bonds is 7. The highest BCUT2D eigenvalue weighted by atomic mass is 16.5. The van der Waals surface area contributed by atoms with Crippen LogP contribution in [0.2, 0.25) is 0 Å². The summed E-state index contributed by atoms with van der Waals surface area (Å²) in [6, 6.07) is 11.7. The minimum absolute atomic E-state index is 0.0309. The summed E-state index contributed by atoms with van der Waals surface area (Å²) in [4.78, 5) is 32.8. The Morgan fingerprint density at radius 3 is 2.52 bits per heavy atom. The molecule has 0 saturated heterocycles. The molecule has 2 aromatic heterocycles. The number of carboxylic acid groups (broad SMARTS) is 1. The molecule has 2 aromatic carbocycles. The average Bonchev–Trinajstić information content (AvgIpc) is 3.16. The third kappa shape index (κ3) is 6.53. The van der Waals surface area contributed by atoms with Crippen LogP contribution in [0.5, 0.6) is 17.2 Å². The summed E-state index contributed by atoms with van der Waals surface area (Å²) in [5, 5.41) is 22.9. The molecule has 1 aliphatic rings. The van der Waals surface area contributed by atoms with Crippen LogP contribution in [0.25, 0.3) is 5.95 Å². The third-order valence-corrected chi connectivity index (χ3v) is 5.55. The van der Waals surface area contributed by atoms with Crippen LogP contribution < -0.4 is 31.0 Å². The lowest BCUT2D eigenvalue weighted by Crippen LogP contribution is -2.18. The SMILES string of the molecule is CC(=O)O.COc1cc(C(Nc2ccc(C(=N)N)cc2)c2nn(-c3ncccn3)c(=O)[nH]2)cc2c1OCCCO2. The number of nitrogens with one attached hydrogen (secondary N) is 3. The van der Waals surface area contributed by atoms with Gasteiger partial charge in [0.05, 0.1) is 20.3 Å². The first kappa shape index (κ1) is 27.6. The van der Waals surface area contributed by atoms with E-state index in [0.29, 0.717) is 53.1 Å². The predicted octanol–water partition coefficient (Wildman–Crippen LogP) is 2.10. The number of nitrogen functional groups attached to an aromatic ring is 1. The number of hydrogen-bond donors (Lipinski definition) is 5. The largest absolute Gasteiger partial charge is 0.493 e. The number of carbonyl (C=O) groups is 1. The number of ether oxygens (including phenoxy) is 3. The maximum absolute atomic E-state index is 12.8. The van der Waals surface area contributed by atoms with Crippen molar-refractivity contribution in [1.82, 2.24) is 24.7 Å². The lowest BCUT2D eigenvalue weighted by molar-refractivity contribution is -0.134. The molecule has 40 heavy (non-hydrogen) atoms. The summed E-state index contributed by atoms with van der Waals surface area (Å²) < 4.78 is 18.5. The number of nitrogens with two attached hydrogens (primary N) is 1. The monoisotopic (exact) mass is 548 g/mol. The quantitative estimate of drug-likeness (QED) is 0.167. The van der Waals surface area contributed by atoms with Crippen molar-refractivity contribution in [2.45, 2.75) is 19.4 Å². The number of aliphatic carboxylic acids is 1. The van der Waals surface area contributed by atoms with E-state index in [-0.39, 0.29) is 11.8 Å². The van der Waals surface area contributed by atoms with E-state index in [9.17, 15) is 4.79 Å². The molecule has 1 aliphatic heterocycles. The molecule has 0 saturated carbocycles. The Morgan fingerprint density at radius 2 is 1.88 bits per heavy atom. The van der Waals surface area contributed by atoms with E-state index in [4.69, 9.17) is 35.3 Å². The summed E-state index contributed by atoms with van der Waals surface area (Å²) in [7, 11) is 1.56. The number of methoxy groups -OCH3 is 1. The molecule has 14 heteroatoms. The Labute approximate surface area is 228 Å². The Kier molecular flexibility index (Phi) is 8.59. The molecule has 3 heterocycles. The maximum Gasteiger partial charge on any atom is 0.350 e. The van der Waals surface area contributed by atoms with Crippen LogP contribution >= 0.6 is 0 Å². The zero-order chi connectivity index (χ0) is 28.6. The van der Waals surface area contributed by atoms with Gasteiger partial charge in [-0.3, -0.25) is 15.2 Å². The van der Waals surface area contributed by atoms with Gasteiger partial charge >= 0.3 is 5.69 Å². The molecular weight excluding hydrogens is 520 g/mol. The highest BCUT2D eigenvalue weighted by Crippen LogP contribution is 2.42. The second kappa shape index (κ2) is 12.4. The van der Waals surface area contributed by atoms with Gasteiger partial charge in [-0.05, 0) is 48.0 Å². The van der Waals surface area contributed by atoms with Crippen molar-refractivity contribution in [2.75, 3.05) is 25.6 Å². The molecule has 4 aromatic rings. The third-order valence-electron chi connectivity index (χ3n) is 5.55. The molecule has 6 N–H and O–H groups in total. The predicted molar refractivity (Wildman–Crippen MR) is 145 cm³/mol. The Balaban J connectivity index is 0.000000867. The minimum Gasteiger partial charge on any atom is -0.493 e. The highest BCUT2D eigenvalue weighted by molar-refractivity contribution is 5.95. The molecule has 14 nitrogen and oxygen atoms in total. The lowest BCUT2D eigenvalue weighted by Gasteiger charge is -2.21. The van der Waals surface area contributed by atoms with Gasteiger partial charge in [-0.1, -0.05) is 0 Å². The van der Waals surface area contributed by atoms with Gasteiger partial charge in [0.25, 0.3) is 11.9 Å². The van der Waals surface area contributed by atoms with E-state index in [1.54, 1.807) is 37.4 Å². The van der Waals surface area contributed by atoms with Crippen molar-refractivity contribution in [3.05, 3.63) is 82.3 Å². The second-order valence-electron chi connectivity index (χ2n) is 8.46. The fraction of sp³-hybridized carbons (Fsp3) is 0.231. The van der Waals surface area contributed by atoms with E-state index >= 15 is 0 Å². The molecule has 0 fully saturated rings. The number of amidine groups is 1. The summed E-state index contributed by atoms with van der Waals surface area (Å²) in [6.07, 6.45) is 3.81. The highest BCUT2D eigenvalue weighted by Gasteiger charge is 2.26. The lowest BCUT2D eigenvalue weighted by atomic mass is 10.0. The van der Waals surface area contributed by atoms with E-state index < -0.39 is 17.7 Å². The normalized spacial score (nSPS) is 12.8. The average molecular weight is 549 g/mol. The fourth-order valence-electron chi connectivity index (χ4n) is 3.81. The molecular formula is C26H28N8O6. The Hall–Kier alpha value is -5.40. The van der Waals surface area contributed by atoms with Gasteiger partial charge in [0.1, 0.15) is 11.9 Å². The van der Waals surface area contributed by atoms with Gasteiger partial charge < -0.3 is 30.4 Å². The fourth-order valence-corrected chi connectivity index (χ4v) is 3.81. The first-order valence-corrected chi connectivity index (χ1v) is 12.1. The van der Waals surface area contributed by atoms with Crippen LogP contribution in [0, 0.1) is 5.41 Å². The Bertz CT molecular complexity index is 1530. The molecule has 5 rings (SSSR count). The summed E-state index contributed by atoms with van der Waals surface area (Å²) >= 11 is 0. The maximum atomic E-state index is 12.8. The molecule has 208 valence electrons.